The summed E-state index contributed by atoms with van der Waals surface area (Å²) in [4.78, 5) is 11.0. The van der Waals surface area contributed by atoms with Crippen LogP contribution in [-0.2, 0) is 10.2 Å². The molecule has 0 aromatic heterocycles. The SMILES string of the molecule is Cc1cc(C(C)(C)C)cc(C)c1C(N)C(N)C(=O)O. The molecular formula is C15H24N2O2. The van der Waals surface area contributed by atoms with E-state index in [2.05, 4.69) is 32.9 Å². The molecule has 1 aromatic carbocycles. The van der Waals surface area contributed by atoms with E-state index in [1.165, 1.54) is 5.56 Å². The molecule has 0 aliphatic rings. The third-order valence-corrected chi connectivity index (χ3v) is 3.47. The maximum Gasteiger partial charge on any atom is 0.322 e. The van der Waals surface area contributed by atoms with Crippen molar-refractivity contribution >= 4 is 5.97 Å². The van der Waals surface area contributed by atoms with Gasteiger partial charge in [-0.05, 0) is 41.5 Å². The van der Waals surface area contributed by atoms with Crippen LogP contribution in [0, 0.1) is 13.8 Å². The van der Waals surface area contributed by atoms with Crippen LogP contribution in [0.3, 0.4) is 0 Å². The number of aliphatic carboxylic acids is 1. The number of hydrogen-bond donors (Lipinski definition) is 3. The summed E-state index contributed by atoms with van der Waals surface area (Å²) in [5.74, 6) is -1.08. The standard InChI is InChI=1S/C15H24N2O2/c1-8-6-10(15(3,4)5)7-9(2)11(8)12(16)13(17)14(18)19/h6-7,12-13H,16-17H2,1-5H3,(H,18,19). The summed E-state index contributed by atoms with van der Waals surface area (Å²) in [5, 5.41) is 8.97. The van der Waals surface area contributed by atoms with Crippen molar-refractivity contribution in [3.63, 3.8) is 0 Å². The summed E-state index contributed by atoms with van der Waals surface area (Å²) >= 11 is 0. The van der Waals surface area contributed by atoms with E-state index in [1.54, 1.807) is 0 Å². The average Bonchev–Trinajstić information content (AvgIpc) is 2.25. The van der Waals surface area contributed by atoms with Crippen LogP contribution >= 0.6 is 0 Å². The molecule has 0 bridgehead atoms. The van der Waals surface area contributed by atoms with Gasteiger partial charge in [0.05, 0.1) is 6.04 Å². The van der Waals surface area contributed by atoms with Crippen LogP contribution in [0.2, 0.25) is 0 Å². The molecule has 0 spiro atoms. The topological polar surface area (TPSA) is 89.3 Å². The smallest absolute Gasteiger partial charge is 0.322 e. The monoisotopic (exact) mass is 264 g/mol. The Morgan fingerprint density at radius 2 is 1.58 bits per heavy atom. The number of aryl methyl sites for hydroxylation is 2. The van der Waals surface area contributed by atoms with E-state index >= 15 is 0 Å². The molecular weight excluding hydrogens is 240 g/mol. The van der Waals surface area contributed by atoms with Gasteiger partial charge in [0.1, 0.15) is 6.04 Å². The minimum atomic E-state index is -1.09. The Kier molecular flexibility index (Phi) is 4.38. The van der Waals surface area contributed by atoms with Crippen molar-refractivity contribution in [3.8, 4) is 0 Å². The van der Waals surface area contributed by atoms with Gasteiger partial charge in [0.25, 0.3) is 0 Å². The molecule has 1 aromatic rings. The molecule has 0 radical (unpaired) electrons. The van der Waals surface area contributed by atoms with Crippen LogP contribution in [-0.4, -0.2) is 17.1 Å². The highest BCUT2D eigenvalue weighted by molar-refractivity contribution is 5.74. The number of hydrogen-bond acceptors (Lipinski definition) is 3. The Morgan fingerprint density at radius 1 is 1.16 bits per heavy atom. The molecule has 2 atom stereocenters. The fourth-order valence-electron chi connectivity index (χ4n) is 2.27. The largest absolute Gasteiger partial charge is 0.480 e. The molecule has 4 heteroatoms. The lowest BCUT2D eigenvalue weighted by Crippen LogP contribution is -2.41. The third kappa shape index (κ3) is 3.33. The molecule has 4 nitrogen and oxygen atoms in total. The number of rotatable bonds is 3. The van der Waals surface area contributed by atoms with Gasteiger partial charge in [-0.3, -0.25) is 4.79 Å². The van der Waals surface area contributed by atoms with Gasteiger partial charge in [0.2, 0.25) is 0 Å². The molecule has 0 fully saturated rings. The third-order valence-electron chi connectivity index (χ3n) is 3.47. The fraction of sp³-hybridized carbons (Fsp3) is 0.533. The van der Waals surface area contributed by atoms with Gasteiger partial charge in [-0.25, -0.2) is 0 Å². The van der Waals surface area contributed by atoms with Gasteiger partial charge in [0, 0.05) is 0 Å². The Hall–Kier alpha value is -1.39. The van der Waals surface area contributed by atoms with E-state index in [0.29, 0.717) is 0 Å². The molecule has 1 rings (SSSR count). The lowest BCUT2D eigenvalue weighted by molar-refractivity contribution is -0.139. The summed E-state index contributed by atoms with van der Waals surface area (Å²) in [6.07, 6.45) is 0. The summed E-state index contributed by atoms with van der Waals surface area (Å²) in [7, 11) is 0. The summed E-state index contributed by atoms with van der Waals surface area (Å²) < 4.78 is 0. The highest BCUT2D eigenvalue weighted by Gasteiger charge is 2.26. The first-order chi connectivity index (χ1) is 8.55. The molecule has 0 aliphatic carbocycles. The van der Waals surface area contributed by atoms with Gasteiger partial charge in [-0.1, -0.05) is 32.9 Å². The lowest BCUT2D eigenvalue weighted by Gasteiger charge is -2.25. The summed E-state index contributed by atoms with van der Waals surface area (Å²) in [6, 6.07) is 2.36. The van der Waals surface area contributed by atoms with E-state index in [-0.39, 0.29) is 5.41 Å². The molecule has 5 N–H and O–H groups in total. The normalized spacial score (nSPS) is 15.1. The fourth-order valence-corrected chi connectivity index (χ4v) is 2.27. The van der Waals surface area contributed by atoms with Crippen molar-refractivity contribution < 1.29 is 9.90 Å². The van der Waals surface area contributed by atoms with E-state index in [9.17, 15) is 4.79 Å². The quantitative estimate of drug-likeness (QED) is 0.779. The second-order valence-electron chi connectivity index (χ2n) is 6.16. The minimum Gasteiger partial charge on any atom is -0.480 e. The molecule has 0 saturated carbocycles. The highest BCUT2D eigenvalue weighted by Crippen LogP contribution is 2.29. The summed E-state index contributed by atoms with van der Waals surface area (Å²) in [6.45, 7) is 10.3. The van der Waals surface area contributed by atoms with Gasteiger partial charge in [-0.15, -0.1) is 0 Å². The second-order valence-corrected chi connectivity index (χ2v) is 6.16. The second kappa shape index (κ2) is 5.31. The number of carboxylic acid groups (broad SMARTS) is 1. The van der Waals surface area contributed by atoms with Gasteiger partial charge >= 0.3 is 5.97 Å². The Morgan fingerprint density at radius 3 is 1.89 bits per heavy atom. The maximum atomic E-state index is 11.0. The first-order valence-electron chi connectivity index (χ1n) is 6.41. The van der Waals surface area contributed by atoms with Gasteiger partial charge < -0.3 is 16.6 Å². The Bertz CT molecular complexity index is 466. The molecule has 2 unspecified atom stereocenters. The van der Waals surface area contributed by atoms with Crippen LogP contribution < -0.4 is 11.5 Å². The van der Waals surface area contributed by atoms with E-state index in [0.717, 1.165) is 16.7 Å². The van der Waals surface area contributed by atoms with Crippen LogP contribution in [0.4, 0.5) is 0 Å². The average molecular weight is 264 g/mol. The molecule has 0 heterocycles. The zero-order valence-electron chi connectivity index (χ0n) is 12.3. The van der Waals surface area contributed by atoms with Crippen LogP contribution in [0.15, 0.2) is 12.1 Å². The van der Waals surface area contributed by atoms with Crippen molar-refractivity contribution in [2.75, 3.05) is 0 Å². The van der Waals surface area contributed by atoms with E-state index < -0.39 is 18.1 Å². The predicted octanol–water partition coefficient (Wildman–Crippen LogP) is 2.01. The molecule has 19 heavy (non-hydrogen) atoms. The highest BCUT2D eigenvalue weighted by atomic mass is 16.4. The first-order valence-corrected chi connectivity index (χ1v) is 6.41. The number of nitrogens with two attached hydrogens (primary N) is 2. The number of carboxylic acids is 1. The molecule has 0 amide bonds. The molecule has 0 aliphatic heterocycles. The lowest BCUT2D eigenvalue weighted by atomic mass is 9.82. The molecule has 0 saturated heterocycles. The van der Waals surface area contributed by atoms with Crippen molar-refractivity contribution in [3.05, 3.63) is 34.4 Å². The molecule has 106 valence electrons. The Labute approximate surface area is 114 Å². The first kappa shape index (κ1) is 15.7. The van der Waals surface area contributed by atoms with Crippen LogP contribution in [0.25, 0.3) is 0 Å². The Balaban J connectivity index is 3.28. The van der Waals surface area contributed by atoms with Crippen molar-refractivity contribution in [1.82, 2.24) is 0 Å². The van der Waals surface area contributed by atoms with Crippen molar-refractivity contribution in [2.45, 2.75) is 52.1 Å². The van der Waals surface area contributed by atoms with Crippen LogP contribution in [0.5, 0.6) is 0 Å². The van der Waals surface area contributed by atoms with Crippen molar-refractivity contribution in [1.29, 1.82) is 0 Å². The summed E-state index contributed by atoms with van der Waals surface area (Å²) in [5.41, 5.74) is 15.7. The van der Waals surface area contributed by atoms with Crippen molar-refractivity contribution in [2.24, 2.45) is 11.5 Å². The van der Waals surface area contributed by atoms with E-state index in [1.807, 2.05) is 13.8 Å². The van der Waals surface area contributed by atoms with Gasteiger partial charge in [-0.2, -0.15) is 0 Å². The maximum absolute atomic E-state index is 11.0. The number of carbonyl (C=O) groups is 1. The zero-order valence-corrected chi connectivity index (χ0v) is 12.3. The van der Waals surface area contributed by atoms with E-state index in [4.69, 9.17) is 16.6 Å². The van der Waals surface area contributed by atoms with Crippen LogP contribution in [0.1, 0.15) is 49.1 Å². The van der Waals surface area contributed by atoms with Gasteiger partial charge in [0.15, 0.2) is 0 Å². The zero-order chi connectivity index (χ0) is 15.0. The predicted molar refractivity (Wildman–Crippen MR) is 77.2 cm³/mol. The minimum absolute atomic E-state index is 0.0487. The number of benzene rings is 1.